The van der Waals surface area contributed by atoms with Crippen molar-refractivity contribution < 1.29 is 14.6 Å². The number of carbonyl (C=O) groups excluding carboxylic acids is 1. The van der Waals surface area contributed by atoms with Gasteiger partial charge in [0.1, 0.15) is 0 Å². The van der Waals surface area contributed by atoms with Gasteiger partial charge in [0.2, 0.25) is 0 Å². The van der Waals surface area contributed by atoms with E-state index in [2.05, 4.69) is 15.6 Å². The highest BCUT2D eigenvalue weighted by Gasteiger charge is 2.54. The summed E-state index contributed by atoms with van der Waals surface area (Å²) < 4.78 is 5.38. The summed E-state index contributed by atoms with van der Waals surface area (Å²) in [6.07, 6.45) is 2.85. The Morgan fingerprint density at radius 2 is 2.33 bits per heavy atom. The summed E-state index contributed by atoms with van der Waals surface area (Å²) in [6, 6.07) is 0.0151. The maximum absolute atomic E-state index is 12.1. The normalized spacial score (nSPS) is 33.2. The van der Waals surface area contributed by atoms with Crippen LogP contribution >= 0.6 is 11.3 Å². The van der Waals surface area contributed by atoms with Crippen LogP contribution in [0.4, 0.5) is 9.93 Å². The number of fused-ring (bicyclic) bond motifs is 2. The van der Waals surface area contributed by atoms with Crippen LogP contribution in [0.1, 0.15) is 23.4 Å². The summed E-state index contributed by atoms with van der Waals surface area (Å²) in [4.78, 5) is 17.7. The van der Waals surface area contributed by atoms with Gasteiger partial charge in [0, 0.05) is 19.1 Å². The Morgan fingerprint density at radius 1 is 1.43 bits per heavy atom. The third kappa shape index (κ3) is 2.54. The smallest absolute Gasteiger partial charge is 0.321 e. The van der Waals surface area contributed by atoms with E-state index in [9.17, 15) is 9.90 Å². The van der Waals surface area contributed by atoms with Crippen molar-refractivity contribution in [1.82, 2.24) is 10.3 Å². The summed E-state index contributed by atoms with van der Waals surface area (Å²) in [7, 11) is 0. The number of hydrogen-bond acceptors (Lipinski definition) is 5. The van der Waals surface area contributed by atoms with E-state index >= 15 is 0 Å². The molecule has 21 heavy (non-hydrogen) atoms. The maximum atomic E-state index is 12.1. The molecule has 2 amide bonds. The third-order valence-corrected chi connectivity index (χ3v) is 5.82. The van der Waals surface area contributed by atoms with Crippen molar-refractivity contribution in [3.05, 3.63) is 10.6 Å². The van der Waals surface area contributed by atoms with Crippen LogP contribution in [0.5, 0.6) is 0 Å². The first-order chi connectivity index (χ1) is 10.2. The van der Waals surface area contributed by atoms with Gasteiger partial charge in [-0.1, -0.05) is 11.3 Å². The Hall–Kier alpha value is -1.18. The predicted octanol–water partition coefficient (Wildman–Crippen LogP) is 1.35. The molecular formula is C14H19N3O3S. The number of aliphatic hydroxyl groups excluding tert-OH is 1. The van der Waals surface area contributed by atoms with Gasteiger partial charge in [0.15, 0.2) is 5.13 Å². The molecule has 1 aromatic rings. The fraction of sp³-hybridized carbons (Fsp3) is 0.714. The minimum atomic E-state index is -0.184. The Labute approximate surface area is 126 Å². The first kappa shape index (κ1) is 13.5. The molecule has 0 spiro atoms. The van der Waals surface area contributed by atoms with Gasteiger partial charge in [-0.05, 0) is 30.6 Å². The highest BCUT2D eigenvalue weighted by atomic mass is 32.1. The minimum Gasteiger partial charge on any atom is -0.396 e. The summed E-state index contributed by atoms with van der Waals surface area (Å²) >= 11 is 1.49. The average molecular weight is 309 g/mol. The Balaban J connectivity index is 1.35. The molecule has 1 aromatic heterocycles. The molecule has 114 valence electrons. The lowest BCUT2D eigenvalue weighted by atomic mass is 10.0. The van der Waals surface area contributed by atoms with E-state index < -0.39 is 0 Å². The Bertz CT molecular complexity index is 538. The van der Waals surface area contributed by atoms with E-state index in [1.807, 2.05) is 0 Å². The molecule has 3 N–H and O–H groups in total. The molecule has 0 aromatic carbocycles. The van der Waals surface area contributed by atoms with Crippen LogP contribution in [-0.2, 0) is 17.8 Å². The van der Waals surface area contributed by atoms with E-state index in [4.69, 9.17) is 4.74 Å². The number of urea groups is 1. The summed E-state index contributed by atoms with van der Waals surface area (Å²) in [5, 5.41) is 15.8. The zero-order valence-corrected chi connectivity index (χ0v) is 12.5. The topological polar surface area (TPSA) is 83.5 Å². The SMILES string of the molecule is O=C(Nc1nc2c(s1)COCC2)N[C@H]1C[C@@H](CO)[C@@H]2C[C@@H]21. The molecule has 0 radical (unpaired) electrons. The van der Waals surface area contributed by atoms with Gasteiger partial charge in [-0.15, -0.1) is 0 Å². The Kier molecular flexibility index (Phi) is 3.35. The van der Waals surface area contributed by atoms with Crippen molar-refractivity contribution >= 4 is 22.5 Å². The number of rotatable bonds is 3. The molecule has 0 saturated heterocycles. The second-order valence-corrected chi connectivity index (χ2v) is 7.22. The van der Waals surface area contributed by atoms with Crippen LogP contribution in [0.15, 0.2) is 0 Å². The number of nitrogens with one attached hydrogen (secondary N) is 2. The zero-order valence-electron chi connectivity index (χ0n) is 11.7. The summed E-state index contributed by atoms with van der Waals surface area (Å²) in [5.41, 5.74) is 1.05. The van der Waals surface area contributed by atoms with E-state index in [0.717, 1.165) is 29.8 Å². The summed E-state index contributed by atoms with van der Waals surface area (Å²) in [5.74, 6) is 1.54. The minimum absolute atomic E-state index is 0.184. The van der Waals surface area contributed by atoms with Gasteiger partial charge >= 0.3 is 6.03 Å². The first-order valence-corrected chi connectivity index (χ1v) is 8.31. The molecule has 4 atom stereocenters. The number of nitrogens with zero attached hydrogens (tertiary/aromatic N) is 1. The molecule has 7 heteroatoms. The highest BCUT2D eigenvalue weighted by Crippen LogP contribution is 2.55. The molecule has 2 fully saturated rings. The lowest BCUT2D eigenvalue weighted by Gasteiger charge is -2.16. The van der Waals surface area contributed by atoms with Gasteiger partial charge in [0.05, 0.1) is 23.8 Å². The lowest BCUT2D eigenvalue weighted by Crippen LogP contribution is -2.38. The first-order valence-electron chi connectivity index (χ1n) is 7.49. The zero-order chi connectivity index (χ0) is 14.4. The van der Waals surface area contributed by atoms with Crippen LogP contribution in [0.3, 0.4) is 0 Å². The van der Waals surface area contributed by atoms with Crippen LogP contribution in [-0.4, -0.2) is 35.4 Å². The monoisotopic (exact) mass is 309 g/mol. The standard InChI is InChI=1S/C14H19N3O3S/c18-5-7-3-11(9-4-8(7)9)15-13(19)17-14-16-10-1-2-20-6-12(10)21-14/h7-9,11,18H,1-6H2,(H2,15,16,17,19)/t7-,8-,9-,11-/m0/s1. The molecule has 0 bridgehead atoms. The van der Waals surface area contributed by atoms with Gasteiger partial charge in [-0.2, -0.15) is 0 Å². The van der Waals surface area contributed by atoms with Gasteiger partial charge in [-0.25, -0.2) is 9.78 Å². The fourth-order valence-electron chi connectivity index (χ4n) is 3.67. The van der Waals surface area contributed by atoms with Crippen molar-refractivity contribution in [2.45, 2.75) is 31.9 Å². The number of thiazole rings is 1. The quantitative estimate of drug-likeness (QED) is 0.787. The second kappa shape index (κ2) is 5.23. The van der Waals surface area contributed by atoms with Gasteiger partial charge < -0.3 is 15.2 Å². The number of aromatic nitrogens is 1. The van der Waals surface area contributed by atoms with Crippen LogP contribution < -0.4 is 10.6 Å². The predicted molar refractivity (Wildman–Crippen MR) is 78.2 cm³/mol. The number of amides is 2. The number of hydrogen-bond donors (Lipinski definition) is 3. The van der Waals surface area contributed by atoms with Crippen molar-refractivity contribution in [2.24, 2.45) is 17.8 Å². The van der Waals surface area contributed by atoms with Crippen molar-refractivity contribution in [3.63, 3.8) is 0 Å². The van der Waals surface area contributed by atoms with Crippen LogP contribution in [0.25, 0.3) is 0 Å². The second-order valence-electron chi connectivity index (χ2n) is 6.14. The van der Waals surface area contributed by atoms with E-state index in [1.54, 1.807) is 0 Å². The van der Waals surface area contributed by atoms with Crippen molar-refractivity contribution in [1.29, 1.82) is 0 Å². The molecular weight excluding hydrogens is 290 g/mol. The largest absolute Gasteiger partial charge is 0.396 e. The lowest BCUT2D eigenvalue weighted by molar-refractivity contribution is 0.112. The molecule has 6 nitrogen and oxygen atoms in total. The molecule has 2 heterocycles. The van der Waals surface area contributed by atoms with Crippen LogP contribution in [0, 0.1) is 17.8 Å². The number of aliphatic hydroxyl groups is 1. The molecule has 2 saturated carbocycles. The molecule has 3 aliphatic rings. The third-order valence-electron chi connectivity index (χ3n) is 4.84. The van der Waals surface area contributed by atoms with Gasteiger partial charge in [0.25, 0.3) is 0 Å². The highest BCUT2D eigenvalue weighted by molar-refractivity contribution is 7.15. The average Bonchev–Trinajstić information content (AvgIpc) is 3.05. The molecule has 0 unspecified atom stereocenters. The molecule has 2 aliphatic carbocycles. The fourth-order valence-corrected chi connectivity index (χ4v) is 4.61. The van der Waals surface area contributed by atoms with E-state index in [-0.39, 0.29) is 18.7 Å². The maximum Gasteiger partial charge on any atom is 0.321 e. The van der Waals surface area contributed by atoms with E-state index in [1.165, 1.54) is 11.3 Å². The van der Waals surface area contributed by atoms with Crippen LogP contribution in [0.2, 0.25) is 0 Å². The number of anilines is 1. The van der Waals surface area contributed by atoms with Crippen molar-refractivity contribution in [3.8, 4) is 0 Å². The number of ether oxygens (including phenoxy) is 1. The molecule has 1 aliphatic heterocycles. The molecule has 4 rings (SSSR count). The Morgan fingerprint density at radius 3 is 3.10 bits per heavy atom. The summed E-state index contributed by atoms with van der Waals surface area (Å²) in [6.45, 7) is 1.54. The van der Waals surface area contributed by atoms with E-state index in [0.29, 0.717) is 36.1 Å². The van der Waals surface area contributed by atoms with Crippen molar-refractivity contribution in [2.75, 3.05) is 18.5 Å². The van der Waals surface area contributed by atoms with Gasteiger partial charge in [-0.3, -0.25) is 5.32 Å². The number of carbonyl (C=O) groups is 1.